The first-order valence-corrected chi connectivity index (χ1v) is 7.15. The summed E-state index contributed by atoms with van der Waals surface area (Å²) < 4.78 is 0. The molecule has 1 amide bonds. The molecule has 1 atom stereocenters. The highest BCUT2D eigenvalue weighted by atomic mass is 16.2. The van der Waals surface area contributed by atoms with Gasteiger partial charge < -0.3 is 9.88 Å². The summed E-state index contributed by atoms with van der Waals surface area (Å²) in [6.07, 6.45) is 3.84. The van der Waals surface area contributed by atoms with E-state index in [1.54, 1.807) is 0 Å². The van der Waals surface area contributed by atoms with Crippen LogP contribution in [0.1, 0.15) is 42.1 Å². The Kier molecular flexibility index (Phi) is 2.25. The molecule has 3 heterocycles. The van der Waals surface area contributed by atoms with Crippen molar-refractivity contribution in [3.05, 3.63) is 35.0 Å². The normalized spacial score (nSPS) is 22.5. The molecule has 1 saturated heterocycles. The minimum atomic E-state index is 0.289. The zero-order valence-corrected chi connectivity index (χ0v) is 11.2. The van der Waals surface area contributed by atoms with Crippen LogP contribution in [-0.2, 0) is 11.2 Å². The molecule has 0 bridgehead atoms. The third kappa shape index (κ3) is 1.47. The molecule has 1 aromatic carbocycles. The van der Waals surface area contributed by atoms with Gasteiger partial charge in [0.15, 0.2) is 0 Å². The van der Waals surface area contributed by atoms with Crippen LogP contribution in [0.4, 0.5) is 0 Å². The first-order chi connectivity index (χ1) is 9.25. The Morgan fingerprint density at radius 1 is 1.32 bits per heavy atom. The molecular weight excluding hydrogens is 236 g/mol. The number of nitrogens with zero attached hydrogens (tertiary/aromatic N) is 1. The number of carbonyl (C=O) groups is 1. The van der Waals surface area contributed by atoms with Crippen LogP contribution < -0.4 is 0 Å². The van der Waals surface area contributed by atoms with Gasteiger partial charge in [0.25, 0.3) is 0 Å². The molecule has 19 heavy (non-hydrogen) atoms. The third-order valence-electron chi connectivity index (χ3n) is 4.68. The lowest BCUT2D eigenvalue weighted by atomic mass is 9.90. The van der Waals surface area contributed by atoms with E-state index >= 15 is 0 Å². The lowest BCUT2D eigenvalue weighted by molar-refractivity contribution is -0.137. The van der Waals surface area contributed by atoms with E-state index in [0.717, 1.165) is 32.2 Å². The Labute approximate surface area is 112 Å². The number of aromatic nitrogens is 1. The van der Waals surface area contributed by atoms with Gasteiger partial charge in [0.05, 0.1) is 6.04 Å². The maximum absolute atomic E-state index is 12.0. The molecule has 4 rings (SSSR count). The number of nitrogens with one attached hydrogen (secondary N) is 1. The molecule has 1 fully saturated rings. The van der Waals surface area contributed by atoms with Crippen LogP contribution in [-0.4, -0.2) is 22.3 Å². The van der Waals surface area contributed by atoms with Gasteiger partial charge in [-0.15, -0.1) is 0 Å². The van der Waals surface area contributed by atoms with Crippen molar-refractivity contribution >= 4 is 16.8 Å². The van der Waals surface area contributed by atoms with E-state index in [2.05, 4.69) is 35.0 Å². The second-order valence-corrected chi connectivity index (χ2v) is 5.76. The minimum Gasteiger partial charge on any atom is -0.356 e. The van der Waals surface area contributed by atoms with Gasteiger partial charge in [-0.2, -0.15) is 0 Å². The zero-order chi connectivity index (χ0) is 13.0. The first-order valence-electron chi connectivity index (χ1n) is 7.15. The summed E-state index contributed by atoms with van der Waals surface area (Å²) >= 11 is 0. The SMILES string of the molecule is Cc1cccc2c3c([nH]c12)[C@H]1CCCC(=O)N1CC3. The fourth-order valence-corrected chi connectivity index (χ4v) is 3.73. The fraction of sp³-hybridized carbons (Fsp3) is 0.438. The second kappa shape index (κ2) is 3.86. The van der Waals surface area contributed by atoms with Crippen LogP contribution in [0, 0.1) is 6.92 Å². The maximum atomic E-state index is 12.0. The van der Waals surface area contributed by atoms with Crippen molar-refractivity contribution in [3.63, 3.8) is 0 Å². The van der Waals surface area contributed by atoms with E-state index in [9.17, 15) is 4.79 Å². The van der Waals surface area contributed by atoms with E-state index in [4.69, 9.17) is 0 Å². The molecule has 2 aromatic rings. The molecule has 3 nitrogen and oxygen atoms in total. The van der Waals surface area contributed by atoms with Crippen LogP contribution in [0.15, 0.2) is 18.2 Å². The van der Waals surface area contributed by atoms with E-state index in [0.29, 0.717) is 5.91 Å². The molecule has 0 radical (unpaired) electrons. The van der Waals surface area contributed by atoms with Crippen LogP contribution in [0.3, 0.4) is 0 Å². The standard InChI is InChI=1S/C16H18N2O/c1-10-4-2-5-11-12-8-9-18-13(6-3-7-14(18)19)16(12)17-15(10)11/h2,4-5,13,17H,3,6-9H2,1H3/t13-/m1/s1. The maximum Gasteiger partial charge on any atom is 0.223 e. The number of piperidine rings is 1. The van der Waals surface area contributed by atoms with Crippen molar-refractivity contribution in [2.45, 2.75) is 38.6 Å². The summed E-state index contributed by atoms with van der Waals surface area (Å²) in [5.74, 6) is 0.331. The molecule has 0 unspecified atom stereocenters. The largest absolute Gasteiger partial charge is 0.356 e. The number of aromatic amines is 1. The van der Waals surface area contributed by atoms with Crippen molar-refractivity contribution < 1.29 is 4.79 Å². The number of H-pyrrole nitrogens is 1. The van der Waals surface area contributed by atoms with Gasteiger partial charge in [-0.05, 0) is 37.3 Å². The second-order valence-electron chi connectivity index (χ2n) is 5.76. The van der Waals surface area contributed by atoms with Gasteiger partial charge in [0.1, 0.15) is 0 Å². The molecule has 0 saturated carbocycles. The lowest BCUT2D eigenvalue weighted by Gasteiger charge is -2.39. The molecule has 0 spiro atoms. The Morgan fingerprint density at radius 2 is 2.21 bits per heavy atom. The minimum absolute atomic E-state index is 0.289. The number of hydrogen-bond donors (Lipinski definition) is 1. The number of para-hydroxylation sites is 1. The summed E-state index contributed by atoms with van der Waals surface area (Å²) in [5.41, 5.74) is 5.28. The first kappa shape index (κ1) is 11.1. The zero-order valence-electron chi connectivity index (χ0n) is 11.2. The average Bonchev–Trinajstić information content (AvgIpc) is 2.80. The predicted molar refractivity (Wildman–Crippen MR) is 75.0 cm³/mol. The van der Waals surface area contributed by atoms with Gasteiger partial charge in [-0.1, -0.05) is 18.2 Å². The third-order valence-corrected chi connectivity index (χ3v) is 4.68. The molecular formula is C16H18N2O. The molecule has 98 valence electrons. The van der Waals surface area contributed by atoms with E-state index < -0.39 is 0 Å². The van der Waals surface area contributed by atoms with E-state index in [-0.39, 0.29) is 6.04 Å². The van der Waals surface area contributed by atoms with Crippen molar-refractivity contribution in [2.24, 2.45) is 0 Å². The number of rotatable bonds is 0. The monoisotopic (exact) mass is 254 g/mol. The number of carbonyl (C=O) groups excluding carboxylic acids is 1. The number of aryl methyl sites for hydroxylation is 1. The number of benzene rings is 1. The summed E-state index contributed by atoms with van der Waals surface area (Å²) in [7, 11) is 0. The number of amides is 1. The molecule has 1 N–H and O–H groups in total. The quantitative estimate of drug-likeness (QED) is 0.770. The van der Waals surface area contributed by atoms with Crippen LogP contribution in [0.2, 0.25) is 0 Å². The van der Waals surface area contributed by atoms with Gasteiger partial charge in [0.2, 0.25) is 5.91 Å². The van der Waals surface area contributed by atoms with E-state index in [1.165, 1.54) is 27.7 Å². The van der Waals surface area contributed by atoms with Crippen molar-refractivity contribution in [2.75, 3.05) is 6.54 Å². The highest BCUT2D eigenvalue weighted by molar-refractivity contribution is 5.88. The predicted octanol–water partition coefficient (Wildman–Crippen LogP) is 3.09. The molecule has 2 aliphatic heterocycles. The topological polar surface area (TPSA) is 36.1 Å². The highest BCUT2D eigenvalue weighted by Crippen LogP contribution is 2.40. The molecule has 2 aliphatic rings. The van der Waals surface area contributed by atoms with Crippen molar-refractivity contribution in [1.29, 1.82) is 0 Å². The molecule has 0 aliphatic carbocycles. The molecule has 3 heteroatoms. The van der Waals surface area contributed by atoms with Crippen molar-refractivity contribution in [1.82, 2.24) is 9.88 Å². The van der Waals surface area contributed by atoms with Gasteiger partial charge in [-0.3, -0.25) is 4.79 Å². The van der Waals surface area contributed by atoms with Gasteiger partial charge >= 0.3 is 0 Å². The number of hydrogen-bond acceptors (Lipinski definition) is 1. The summed E-state index contributed by atoms with van der Waals surface area (Å²) in [6, 6.07) is 6.77. The Bertz CT molecular complexity index is 671. The number of fused-ring (bicyclic) bond motifs is 5. The Morgan fingerprint density at radius 3 is 3.11 bits per heavy atom. The smallest absolute Gasteiger partial charge is 0.223 e. The molecule has 1 aromatic heterocycles. The highest BCUT2D eigenvalue weighted by Gasteiger charge is 2.35. The summed E-state index contributed by atoms with van der Waals surface area (Å²) in [6.45, 7) is 3.03. The fourth-order valence-electron chi connectivity index (χ4n) is 3.73. The Balaban J connectivity index is 1.92. The Hall–Kier alpha value is -1.77. The van der Waals surface area contributed by atoms with Gasteiger partial charge in [-0.25, -0.2) is 0 Å². The average molecular weight is 254 g/mol. The van der Waals surface area contributed by atoms with Gasteiger partial charge in [0, 0.05) is 29.6 Å². The summed E-state index contributed by atoms with van der Waals surface area (Å²) in [4.78, 5) is 17.7. The van der Waals surface area contributed by atoms with E-state index in [1.807, 2.05) is 0 Å². The lowest BCUT2D eigenvalue weighted by Crippen LogP contribution is -2.42. The van der Waals surface area contributed by atoms with Crippen LogP contribution >= 0.6 is 0 Å². The summed E-state index contributed by atoms with van der Waals surface area (Å²) in [5, 5.41) is 1.35. The van der Waals surface area contributed by atoms with Crippen molar-refractivity contribution in [3.8, 4) is 0 Å². The van der Waals surface area contributed by atoms with Crippen LogP contribution in [0.25, 0.3) is 10.9 Å². The van der Waals surface area contributed by atoms with Crippen LogP contribution in [0.5, 0.6) is 0 Å².